The molecular formula is C43H46Cl2Zr-2. The van der Waals surface area contributed by atoms with E-state index in [0.29, 0.717) is 0 Å². The molecular weight excluding hydrogens is 679 g/mol. The van der Waals surface area contributed by atoms with Crippen LogP contribution in [0.2, 0.25) is 0 Å². The zero-order valence-electron chi connectivity index (χ0n) is 28.2. The van der Waals surface area contributed by atoms with Crippen LogP contribution < -0.4 is 24.8 Å². The minimum atomic E-state index is 0. The molecule has 2 aliphatic carbocycles. The third-order valence-electron chi connectivity index (χ3n) is 8.56. The summed E-state index contributed by atoms with van der Waals surface area (Å²) in [6.45, 7) is 13.9. The summed E-state index contributed by atoms with van der Waals surface area (Å²) in [6, 6.07) is 33.7. The van der Waals surface area contributed by atoms with Gasteiger partial charge in [0.15, 0.2) is 0 Å². The van der Waals surface area contributed by atoms with Crippen LogP contribution in [0.4, 0.5) is 0 Å². The fraction of sp³-hybridized carbons (Fsp3) is 0.302. The van der Waals surface area contributed by atoms with Crippen LogP contribution in [0.3, 0.4) is 0 Å². The molecule has 3 heteroatoms. The Bertz CT molecular complexity index is 1660. The van der Waals surface area contributed by atoms with Gasteiger partial charge in [-0.15, -0.1) is 46.2 Å². The first-order valence-corrected chi connectivity index (χ1v) is 17.4. The van der Waals surface area contributed by atoms with E-state index in [9.17, 15) is 0 Å². The molecule has 0 radical (unpaired) electrons. The SMILES string of the molecule is CC(C)(C)c1cc2c(cc1-c1ccccc1)[cH-]c1cc(-c3ccccc3)c(C(C)(C)C)cc12.[C-]1=CC=CC1.[Cl-].[Cl-].[Zr+2]=[C]1CCCC1. The first-order valence-electron chi connectivity index (χ1n) is 16.1. The molecule has 5 aromatic carbocycles. The topological polar surface area (TPSA) is 0 Å². The van der Waals surface area contributed by atoms with Gasteiger partial charge in [-0.3, -0.25) is 6.08 Å². The molecule has 0 aliphatic heterocycles. The maximum atomic E-state index is 2.99. The Balaban J connectivity index is 0.000000374. The van der Waals surface area contributed by atoms with Crippen molar-refractivity contribution in [2.75, 3.05) is 0 Å². The Morgan fingerprint density at radius 1 is 0.630 bits per heavy atom. The Kier molecular flexibility index (Phi) is 13.7. The number of rotatable bonds is 2. The first-order chi connectivity index (χ1) is 21.0. The van der Waals surface area contributed by atoms with Crippen molar-refractivity contribution < 1.29 is 49.0 Å². The third kappa shape index (κ3) is 9.34. The van der Waals surface area contributed by atoms with Crippen molar-refractivity contribution in [3.05, 3.63) is 126 Å². The van der Waals surface area contributed by atoms with E-state index in [1.165, 1.54) is 80.6 Å². The summed E-state index contributed by atoms with van der Waals surface area (Å²) in [7, 11) is 0. The Morgan fingerprint density at radius 2 is 1.07 bits per heavy atom. The first kappa shape index (κ1) is 38.0. The van der Waals surface area contributed by atoms with Crippen LogP contribution >= 0.6 is 0 Å². The number of hydrogen-bond acceptors (Lipinski definition) is 0. The van der Waals surface area contributed by atoms with E-state index in [0.717, 1.165) is 6.42 Å². The van der Waals surface area contributed by atoms with E-state index < -0.39 is 0 Å². The van der Waals surface area contributed by atoms with Crippen LogP contribution in [0.1, 0.15) is 84.8 Å². The van der Waals surface area contributed by atoms with Crippen molar-refractivity contribution in [2.24, 2.45) is 0 Å². The van der Waals surface area contributed by atoms with E-state index in [4.69, 9.17) is 0 Å². The van der Waals surface area contributed by atoms with Crippen LogP contribution in [0.15, 0.2) is 109 Å². The third-order valence-corrected chi connectivity index (χ3v) is 9.79. The summed E-state index contributed by atoms with van der Waals surface area (Å²) in [6.07, 6.45) is 15.8. The zero-order valence-corrected chi connectivity index (χ0v) is 32.2. The van der Waals surface area contributed by atoms with Gasteiger partial charge in [-0.05, 0) is 44.2 Å². The molecule has 0 unspecified atom stereocenters. The summed E-state index contributed by atoms with van der Waals surface area (Å²) >= 11 is 1.68. The molecule has 1 fully saturated rings. The normalized spacial score (nSPS) is 13.9. The Hall–Kier alpha value is -2.44. The molecule has 2 aliphatic rings. The van der Waals surface area contributed by atoms with Crippen molar-refractivity contribution in [3.63, 3.8) is 0 Å². The number of allylic oxidation sites excluding steroid dienone is 4. The van der Waals surface area contributed by atoms with Gasteiger partial charge in [-0.25, -0.2) is 12.2 Å². The molecule has 7 rings (SSSR count). The summed E-state index contributed by atoms with van der Waals surface area (Å²) in [5, 5.41) is 5.36. The zero-order chi connectivity index (χ0) is 31.3. The predicted octanol–water partition coefficient (Wildman–Crippen LogP) is 6.23. The van der Waals surface area contributed by atoms with Crippen molar-refractivity contribution in [1.29, 1.82) is 0 Å². The average Bonchev–Trinajstić information content (AvgIpc) is 3.79. The molecule has 0 atom stereocenters. The molecule has 0 bridgehead atoms. The number of halogens is 2. The molecule has 0 heterocycles. The number of fused-ring (bicyclic) bond motifs is 3. The predicted molar refractivity (Wildman–Crippen MR) is 190 cm³/mol. The van der Waals surface area contributed by atoms with E-state index in [-0.39, 0.29) is 35.6 Å². The molecule has 238 valence electrons. The van der Waals surface area contributed by atoms with Crippen LogP contribution in [0.25, 0.3) is 43.8 Å². The monoisotopic (exact) mass is 722 g/mol. The molecule has 0 aromatic heterocycles. The van der Waals surface area contributed by atoms with E-state index in [1.54, 1.807) is 27.4 Å². The van der Waals surface area contributed by atoms with Crippen LogP contribution in [0, 0.1) is 6.08 Å². The molecule has 0 saturated heterocycles. The van der Waals surface area contributed by atoms with Gasteiger partial charge < -0.3 is 24.8 Å². The van der Waals surface area contributed by atoms with Gasteiger partial charge in [0.2, 0.25) is 0 Å². The van der Waals surface area contributed by atoms with Gasteiger partial charge in [0.1, 0.15) is 0 Å². The molecule has 0 N–H and O–H groups in total. The molecule has 0 amide bonds. The molecule has 46 heavy (non-hydrogen) atoms. The van der Waals surface area contributed by atoms with E-state index in [2.05, 4.69) is 145 Å². The van der Waals surface area contributed by atoms with Gasteiger partial charge in [0.05, 0.1) is 0 Å². The summed E-state index contributed by atoms with van der Waals surface area (Å²) in [4.78, 5) is 0. The van der Waals surface area contributed by atoms with Crippen molar-refractivity contribution in [2.45, 2.75) is 84.5 Å². The average molecular weight is 725 g/mol. The number of benzene rings is 4. The van der Waals surface area contributed by atoms with Crippen LogP contribution in [-0.4, -0.2) is 3.21 Å². The molecule has 1 saturated carbocycles. The second kappa shape index (κ2) is 16.6. The van der Waals surface area contributed by atoms with Crippen molar-refractivity contribution >= 4 is 24.8 Å². The fourth-order valence-electron chi connectivity index (χ4n) is 6.20. The maximum absolute atomic E-state index is 2.99. The fourth-order valence-corrected chi connectivity index (χ4v) is 7.07. The number of hydrogen-bond donors (Lipinski definition) is 0. The summed E-state index contributed by atoms with van der Waals surface area (Å²) in [5.41, 5.74) is 8.16. The van der Waals surface area contributed by atoms with Gasteiger partial charge in [-0.2, -0.15) is 6.08 Å². The quantitative estimate of drug-likeness (QED) is 0.190. The second-order valence-electron chi connectivity index (χ2n) is 14.2. The van der Waals surface area contributed by atoms with E-state index >= 15 is 0 Å². The van der Waals surface area contributed by atoms with Crippen molar-refractivity contribution in [3.8, 4) is 22.3 Å². The van der Waals surface area contributed by atoms with Gasteiger partial charge >= 0.3 is 53.1 Å². The van der Waals surface area contributed by atoms with Gasteiger partial charge in [0, 0.05) is 0 Å². The van der Waals surface area contributed by atoms with E-state index in [1.807, 2.05) is 12.2 Å². The molecule has 5 aromatic rings. The summed E-state index contributed by atoms with van der Waals surface area (Å²) in [5.74, 6) is 0. The van der Waals surface area contributed by atoms with Crippen LogP contribution in [0.5, 0.6) is 0 Å². The van der Waals surface area contributed by atoms with Crippen LogP contribution in [-0.2, 0) is 35.1 Å². The second-order valence-corrected chi connectivity index (χ2v) is 15.9. The molecule has 0 spiro atoms. The minimum absolute atomic E-state index is 0. The Morgan fingerprint density at radius 3 is 1.35 bits per heavy atom. The van der Waals surface area contributed by atoms with Crippen molar-refractivity contribution in [1.82, 2.24) is 0 Å². The standard InChI is InChI=1S/C33H33.C5H8.C5H5.2ClH.Zr/c1-32(2,3)30-20-26-24(18-28(30)22-13-9-7-10-14-22)17-25-19-29(23-15-11-8-12-16-23)31(21-27(25)26)33(4,5)6;2*1-2-4-5-3-1;;;/h7-21H,1-6H3;1-4H2;1-3H,4H2;2*1H;/q-1;;-1;;;+2/p-2. The summed E-state index contributed by atoms with van der Waals surface area (Å²) < 4.78 is 1.79. The van der Waals surface area contributed by atoms with Gasteiger partial charge in [-0.1, -0.05) is 114 Å². The van der Waals surface area contributed by atoms with Gasteiger partial charge in [0.25, 0.3) is 0 Å². The Labute approximate surface area is 304 Å². The molecule has 0 nitrogen and oxygen atoms in total.